The maximum absolute atomic E-state index is 12.8. The third-order valence-corrected chi connectivity index (χ3v) is 3.08. The molecular formula is C7H4Br2ClF. The molecule has 0 aliphatic carbocycles. The smallest absolute Gasteiger partial charge is 0.143 e. The standard InChI is InChI=1S/C7H4Br2ClF/c8-3-4-1-5(9)7(10)6(11)2-4/h1-2H,3H2. The molecule has 0 spiro atoms. The van der Waals surface area contributed by atoms with Crippen LogP contribution in [-0.4, -0.2) is 0 Å². The van der Waals surface area contributed by atoms with Gasteiger partial charge in [0.15, 0.2) is 0 Å². The topological polar surface area (TPSA) is 0 Å². The van der Waals surface area contributed by atoms with Gasteiger partial charge in [-0.1, -0.05) is 27.5 Å². The molecule has 1 aromatic rings. The molecule has 0 unspecified atom stereocenters. The first-order valence-corrected chi connectivity index (χ1v) is 5.13. The van der Waals surface area contributed by atoms with Gasteiger partial charge >= 0.3 is 0 Å². The fourth-order valence-corrected chi connectivity index (χ4v) is 1.60. The van der Waals surface area contributed by atoms with Crippen molar-refractivity contribution in [3.8, 4) is 0 Å². The van der Waals surface area contributed by atoms with E-state index < -0.39 is 5.82 Å². The van der Waals surface area contributed by atoms with Crippen LogP contribution in [0, 0.1) is 5.82 Å². The largest absolute Gasteiger partial charge is 0.205 e. The quantitative estimate of drug-likeness (QED) is 0.540. The van der Waals surface area contributed by atoms with Crippen molar-refractivity contribution in [1.29, 1.82) is 0 Å². The third-order valence-electron chi connectivity index (χ3n) is 1.20. The Labute approximate surface area is 86.0 Å². The Morgan fingerprint density at radius 2 is 2.09 bits per heavy atom. The van der Waals surface area contributed by atoms with Gasteiger partial charge in [-0.15, -0.1) is 0 Å². The van der Waals surface area contributed by atoms with Gasteiger partial charge in [0, 0.05) is 9.80 Å². The second-order valence-electron chi connectivity index (χ2n) is 2.01. The molecule has 0 amide bonds. The highest BCUT2D eigenvalue weighted by atomic mass is 79.9. The summed E-state index contributed by atoms with van der Waals surface area (Å²) in [6.07, 6.45) is 0. The van der Waals surface area contributed by atoms with Crippen molar-refractivity contribution >= 4 is 43.5 Å². The van der Waals surface area contributed by atoms with E-state index >= 15 is 0 Å². The number of halogens is 4. The molecule has 60 valence electrons. The lowest BCUT2D eigenvalue weighted by Gasteiger charge is -2.00. The van der Waals surface area contributed by atoms with Gasteiger partial charge in [0.2, 0.25) is 0 Å². The van der Waals surface area contributed by atoms with E-state index in [4.69, 9.17) is 11.6 Å². The molecule has 0 bridgehead atoms. The van der Waals surface area contributed by atoms with Crippen LogP contribution >= 0.6 is 43.5 Å². The highest BCUT2D eigenvalue weighted by Gasteiger charge is 2.05. The first-order chi connectivity index (χ1) is 5.15. The zero-order chi connectivity index (χ0) is 8.43. The molecule has 0 radical (unpaired) electrons. The summed E-state index contributed by atoms with van der Waals surface area (Å²) in [4.78, 5) is 0. The van der Waals surface area contributed by atoms with E-state index in [0.717, 1.165) is 5.56 Å². The minimum Gasteiger partial charge on any atom is -0.205 e. The van der Waals surface area contributed by atoms with Crippen molar-refractivity contribution in [2.45, 2.75) is 5.33 Å². The summed E-state index contributed by atoms with van der Waals surface area (Å²) in [5, 5.41) is 0.759. The van der Waals surface area contributed by atoms with E-state index in [0.29, 0.717) is 9.80 Å². The lowest BCUT2D eigenvalue weighted by atomic mass is 10.2. The van der Waals surface area contributed by atoms with Gasteiger partial charge in [0.25, 0.3) is 0 Å². The number of hydrogen-bond acceptors (Lipinski definition) is 0. The monoisotopic (exact) mass is 300 g/mol. The van der Waals surface area contributed by atoms with Crippen LogP contribution in [-0.2, 0) is 5.33 Å². The normalized spacial score (nSPS) is 10.2. The SMILES string of the molecule is Fc1cc(CBr)cc(Br)c1Cl. The zero-order valence-corrected chi connectivity index (χ0v) is 9.30. The van der Waals surface area contributed by atoms with Crippen LogP contribution in [0.2, 0.25) is 5.02 Å². The molecule has 0 aromatic heterocycles. The fraction of sp³-hybridized carbons (Fsp3) is 0.143. The highest BCUT2D eigenvalue weighted by Crippen LogP contribution is 2.27. The molecule has 4 heteroatoms. The summed E-state index contributed by atoms with van der Waals surface area (Å²) in [6.45, 7) is 0. The van der Waals surface area contributed by atoms with Crippen LogP contribution in [0.4, 0.5) is 4.39 Å². The zero-order valence-electron chi connectivity index (χ0n) is 5.37. The van der Waals surface area contributed by atoms with E-state index in [1.54, 1.807) is 6.07 Å². The Balaban J connectivity index is 3.21. The van der Waals surface area contributed by atoms with Crippen LogP contribution in [0.25, 0.3) is 0 Å². The van der Waals surface area contributed by atoms with Gasteiger partial charge in [0.1, 0.15) is 5.82 Å². The molecule has 0 heterocycles. The maximum atomic E-state index is 12.8. The molecule has 1 rings (SSSR count). The summed E-state index contributed by atoms with van der Waals surface area (Å²) in [7, 11) is 0. The van der Waals surface area contributed by atoms with Crippen molar-refractivity contribution < 1.29 is 4.39 Å². The molecular weight excluding hydrogens is 298 g/mol. The van der Waals surface area contributed by atoms with Crippen LogP contribution in [0.15, 0.2) is 16.6 Å². The van der Waals surface area contributed by atoms with Crippen molar-refractivity contribution in [1.82, 2.24) is 0 Å². The number of rotatable bonds is 1. The summed E-state index contributed by atoms with van der Waals surface area (Å²) in [6, 6.07) is 3.18. The minimum absolute atomic E-state index is 0.134. The second kappa shape index (κ2) is 3.87. The van der Waals surface area contributed by atoms with E-state index in [2.05, 4.69) is 31.9 Å². The van der Waals surface area contributed by atoms with Gasteiger partial charge < -0.3 is 0 Å². The molecule has 0 aliphatic rings. The molecule has 0 fully saturated rings. The van der Waals surface area contributed by atoms with E-state index in [9.17, 15) is 4.39 Å². The van der Waals surface area contributed by atoms with Crippen molar-refractivity contribution in [2.75, 3.05) is 0 Å². The lowest BCUT2D eigenvalue weighted by molar-refractivity contribution is 0.626. The van der Waals surface area contributed by atoms with Crippen molar-refractivity contribution in [3.63, 3.8) is 0 Å². The summed E-state index contributed by atoms with van der Waals surface area (Å²) in [5.74, 6) is -0.393. The predicted molar refractivity (Wildman–Crippen MR) is 51.7 cm³/mol. The highest BCUT2D eigenvalue weighted by molar-refractivity contribution is 9.10. The molecule has 0 aliphatic heterocycles. The Kier molecular flexibility index (Phi) is 3.34. The van der Waals surface area contributed by atoms with Gasteiger partial charge in [-0.2, -0.15) is 0 Å². The average molecular weight is 302 g/mol. The first kappa shape index (κ1) is 9.49. The van der Waals surface area contributed by atoms with Crippen LogP contribution < -0.4 is 0 Å². The molecule has 11 heavy (non-hydrogen) atoms. The fourth-order valence-electron chi connectivity index (χ4n) is 0.685. The number of benzene rings is 1. The molecule has 0 saturated carbocycles. The van der Waals surface area contributed by atoms with Gasteiger partial charge in [-0.25, -0.2) is 4.39 Å². The average Bonchev–Trinajstić information content (AvgIpc) is 1.99. The van der Waals surface area contributed by atoms with E-state index in [1.165, 1.54) is 6.07 Å². The van der Waals surface area contributed by atoms with Gasteiger partial charge in [-0.05, 0) is 33.6 Å². The molecule has 0 saturated heterocycles. The van der Waals surface area contributed by atoms with Crippen LogP contribution in [0.1, 0.15) is 5.56 Å². The summed E-state index contributed by atoms with van der Waals surface area (Å²) in [5.41, 5.74) is 0.860. The summed E-state index contributed by atoms with van der Waals surface area (Å²) >= 11 is 11.9. The Bertz CT molecular complexity index is 252. The lowest BCUT2D eigenvalue weighted by Crippen LogP contribution is -1.83. The number of hydrogen-bond donors (Lipinski definition) is 0. The predicted octanol–water partition coefficient (Wildman–Crippen LogP) is 4.14. The van der Waals surface area contributed by atoms with E-state index in [1.807, 2.05) is 0 Å². The molecule has 0 atom stereocenters. The molecule has 0 N–H and O–H groups in total. The second-order valence-corrected chi connectivity index (χ2v) is 3.80. The van der Waals surface area contributed by atoms with E-state index in [-0.39, 0.29) is 5.02 Å². The maximum Gasteiger partial charge on any atom is 0.143 e. The van der Waals surface area contributed by atoms with Gasteiger partial charge in [0.05, 0.1) is 5.02 Å². The minimum atomic E-state index is -0.393. The van der Waals surface area contributed by atoms with Crippen LogP contribution in [0.3, 0.4) is 0 Å². The summed E-state index contributed by atoms with van der Waals surface area (Å²) < 4.78 is 13.4. The Hall–Kier alpha value is 0.400. The van der Waals surface area contributed by atoms with Crippen molar-refractivity contribution in [2.24, 2.45) is 0 Å². The first-order valence-electron chi connectivity index (χ1n) is 2.84. The van der Waals surface area contributed by atoms with Crippen LogP contribution in [0.5, 0.6) is 0 Å². The Morgan fingerprint density at radius 1 is 1.45 bits per heavy atom. The molecule has 0 nitrogen and oxygen atoms in total. The number of alkyl halides is 1. The molecule has 1 aromatic carbocycles. The Morgan fingerprint density at radius 3 is 2.55 bits per heavy atom. The van der Waals surface area contributed by atoms with Crippen molar-refractivity contribution in [3.05, 3.63) is 33.0 Å². The van der Waals surface area contributed by atoms with Gasteiger partial charge in [-0.3, -0.25) is 0 Å². The third kappa shape index (κ3) is 2.17.